The van der Waals surface area contributed by atoms with E-state index in [2.05, 4.69) is 6.92 Å². The fourth-order valence-electron chi connectivity index (χ4n) is 1.29. The lowest BCUT2D eigenvalue weighted by Crippen LogP contribution is -2.38. The Labute approximate surface area is 77.4 Å². The van der Waals surface area contributed by atoms with Gasteiger partial charge >= 0.3 is 6.03 Å². The van der Waals surface area contributed by atoms with Gasteiger partial charge in [0.1, 0.15) is 6.54 Å². The summed E-state index contributed by atoms with van der Waals surface area (Å²) < 4.78 is 0. The number of hydrogen-bond acceptors (Lipinski definition) is 3. The number of carbonyl (C=O) groups excluding carboxylic acids is 2. The van der Waals surface area contributed by atoms with Gasteiger partial charge in [0.15, 0.2) is 0 Å². The molecule has 5 heteroatoms. The molecule has 2 N–H and O–H groups in total. The SMILES string of the molecule is CCCCCN1CC(=O)N(N)C1=O. The van der Waals surface area contributed by atoms with Crippen molar-refractivity contribution in [2.75, 3.05) is 13.1 Å². The van der Waals surface area contributed by atoms with E-state index >= 15 is 0 Å². The van der Waals surface area contributed by atoms with E-state index in [1.54, 1.807) is 0 Å². The third kappa shape index (κ3) is 2.18. The van der Waals surface area contributed by atoms with Gasteiger partial charge in [-0.1, -0.05) is 19.8 Å². The highest BCUT2D eigenvalue weighted by Gasteiger charge is 2.33. The largest absolute Gasteiger partial charge is 0.341 e. The summed E-state index contributed by atoms with van der Waals surface area (Å²) in [6, 6.07) is -0.374. The molecule has 3 amide bonds. The summed E-state index contributed by atoms with van der Waals surface area (Å²) in [5.41, 5.74) is 0. The van der Waals surface area contributed by atoms with Crippen LogP contribution in [0.15, 0.2) is 0 Å². The molecule has 1 heterocycles. The van der Waals surface area contributed by atoms with Crippen molar-refractivity contribution < 1.29 is 9.59 Å². The second kappa shape index (κ2) is 4.23. The Morgan fingerprint density at radius 3 is 2.54 bits per heavy atom. The lowest BCUT2D eigenvalue weighted by Gasteiger charge is -2.13. The number of urea groups is 1. The molecular weight excluding hydrogens is 170 g/mol. The average molecular weight is 185 g/mol. The van der Waals surface area contributed by atoms with Gasteiger partial charge in [0, 0.05) is 6.54 Å². The predicted octanol–water partition coefficient (Wildman–Crippen LogP) is 0.314. The Bertz CT molecular complexity index is 217. The first kappa shape index (κ1) is 9.98. The van der Waals surface area contributed by atoms with Crippen LogP contribution in [0.1, 0.15) is 26.2 Å². The van der Waals surface area contributed by atoms with Crippen LogP contribution in [0.5, 0.6) is 0 Å². The third-order valence-corrected chi connectivity index (χ3v) is 2.10. The molecule has 1 aliphatic rings. The van der Waals surface area contributed by atoms with Crippen LogP contribution < -0.4 is 5.84 Å². The van der Waals surface area contributed by atoms with Gasteiger partial charge in [-0.25, -0.2) is 10.6 Å². The molecule has 13 heavy (non-hydrogen) atoms. The molecule has 0 aromatic heterocycles. The van der Waals surface area contributed by atoms with Gasteiger partial charge in [0.2, 0.25) is 0 Å². The van der Waals surface area contributed by atoms with E-state index in [-0.39, 0.29) is 18.5 Å². The summed E-state index contributed by atoms with van der Waals surface area (Å²) in [5.74, 6) is 4.89. The average Bonchev–Trinajstić information content (AvgIpc) is 2.34. The Morgan fingerprint density at radius 1 is 1.38 bits per heavy atom. The summed E-state index contributed by atoms with van der Waals surface area (Å²) >= 11 is 0. The van der Waals surface area contributed by atoms with Gasteiger partial charge in [-0.05, 0) is 6.42 Å². The van der Waals surface area contributed by atoms with Crippen LogP contribution in [0.2, 0.25) is 0 Å². The van der Waals surface area contributed by atoms with Crippen LogP contribution in [0, 0.1) is 0 Å². The quantitative estimate of drug-likeness (QED) is 0.297. The maximum Gasteiger partial charge on any atom is 0.341 e. The number of hydrogen-bond donors (Lipinski definition) is 1. The Balaban J connectivity index is 2.36. The van der Waals surface area contributed by atoms with E-state index in [0.29, 0.717) is 11.6 Å². The summed E-state index contributed by atoms with van der Waals surface area (Å²) in [7, 11) is 0. The number of amides is 3. The van der Waals surface area contributed by atoms with Gasteiger partial charge in [-0.15, -0.1) is 0 Å². The second-order valence-corrected chi connectivity index (χ2v) is 3.17. The highest BCUT2D eigenvalue weighted by molar-refractivity contribution is 6.01. The van der Waals surface area contributed by atoms with Crippen molar-refractivity contribution >= 4 is 11.9 Å². The highest BCUT2D eigenvalue weighted by Crippen LogP contribution is 2.07. The molecule has 1 rings (SSSR count). The number of carbonyl (C=O) groups is 2. The number of nitrogens with two attached hydrogens (primary N) is 1. The molecule has 0 radical (unpaired) electrons. The van der Waals surface area contributed by atoms with Crippen LogP contribution in [0.25, 0.3) is 0 Å². The minimum atomic E-state index is -0.374. The first-order valence-electron chi connectivity index (χ1n) is 4.53. The molecule has 0 saturated carbocycles. The molecule has 0 spiro atoms. The number of unbranched alkanes of at least 4 members (excludes halogenated alkanes) is 2. The maximum absolute atomic E-state index is 11.2. The van der Waals surface area contributed by atoms with Crippen molar-refractivity contribution in [3.63, 3.8) is 0 Å². The fourth-order valence-corrected chi connectivity index (χ4v) is 1.29. The molecule has 0 atom stereocenters. The molecule has 0 aromatic carbocycles. The minimum absolute atomic E-state index is 0.138. The molecule has 0 bridgehead atoms. The van der Waals surface area contributed by atoms with E-state index in [4.69, 9.17) is 5.84 Å². The Hall–Kier alpha value is -1.10. The number of rotatable bonds is 4. The molecular formula is C8H15N3O2. The van der Waals surface area contributed by atoms with Gasteiger partial charge in [-0.2, -0.15) is 5.01 Å². The van der Waals surface area contributed by atoms with Gasteiger partial charge < -0.3 is 4.90 Å². The van der Waals surface area contributed by atoms with E-state index in [0.717, 1.165) is 19.3 Å². The zero-order chi connectivity index (χ0) is 9.84. The van der Waals surface area contributed by atoms with Crippen molar-refractivity contribution in [3.05, 3.63) is 0 Å². The van der Waals surface area contributed by atoms with Crippen molar-refractivity contribution in [2.24, 2.45) is 5.84 Å². The predicted molar refractivity (Wildman–Crippen MR) is 47.5 cm³/mol. The second-order valence-electron chi connectivity index (χ2n) is 3.17. The van der Waals surface area contributed by atoms with E-state index < -0.39 is 0 Å². The number of nitrogens with zero attached hydrogens (tertiary/aromatic N) is 2. The van der Waals surface area contributed by atoms with Crippen LogP contribution in [-0.2, 0) is 4.79 Å². The molecule has 0 aromatic rings. The zero-order valence-electron chi connectivity index (χ0n) is 7.82. The summed E-state index contributed by atoms with van der Waals surface area (Å²) in [5, 5.41) is 0.686. The van der Waals surface area contributed by atoms with E-state index in [1.807, 2.05) is 0 Å². The standard InChI is InChI=1S/C8H15N3O2/c1-2-3-4-5-10-6-7(12)11(9)8(10)13/h2-6,9H2,1H3. The lowest BCUT2D eigenvalue weighted by atomic mass is 10.2. The molecule has 1 saturated heterocycles. The minimum Gasteiger partial charge on any atom is -0.314 e. The van der Waals surface area contributed by atoms with Gasteiger partial charge in [-0.3, -0.25) is 4.79 Å². The van der Waals surface area contributed by atoms with Crippen LogP contribution in [0.3, 0.4) is 0 Å². The van der Waals surface area contributed by atoms with Gasteiger partial charge in [0.05, 0.1) is 0 Å². The monoisotopic (exact) mass is 185 g/mol. The number of imide groups is 1. The highest BCUT2D eigenvalue weighted by atomic mass is 16.2. The normalized spacial score (nSPS) is 17.4. The third-order valence-electron chi connectivity index (χ3n) is 2.10. The lowest BCUT2D eigenvalue weighted by molar-refractivity contribution is -0.125. The fraction of sp³-hybridized carbons (Fsp3) is 0.750. The molecule has 1 fully saturated rings. The molecule has 74 valence electrons. The zero-order valence-corrected chi connectivity index (χ0v) is 7.82. The van der Waals surface area contributed by atoms with Crippen LogP contribution in [0.4, 0.5) is 4.79 Å². The van der Waals surface area contributed by atoms with E-state index in [9.17, 15) is 9.59 Å². The first-order chi connectivity index (χ1) is 6.16. The van der Waals surface area contributed by atoms with Gasteiger partial charge in [0.25, 0.3) is 5.91 Å². The van der Waals surface area contributed by atoms with Crippen molar-refractivity contribution in [3.8, 4) is 0 Å². The maximum atomic E-state index is 11.2. The Morgan fingerprint density at radius 2 is 2.08 bits per heavy atom. The summed E-state index contributed by atoms with van der Waals surface area (Å²) in [4.78, 5) is 23.7. The summed E-state index contributed by atoms with van der Waals surface area (Å²) in [6.07, 6.45) is 3.11. The molecule has 0 unspecified atom stereocenters. The van der Waals surface area contributed by atoms with Crippen LogP contribution >= 0.6 is 0 Å². The molecule has 0 aliphatic carbocycles. The Kier molecular flexibility index (Phi) is 3.25. The van der Waals surface area contributed by atoms with Crippen LogP contribution in [-0.4, -0.2) is 34.9 Å². The van der Waals surface area contributed by atoms with E-state index in [1.165, 1.54) is 4.90 Å². The number of hydrazine groups is 1. The van der Waals surface area contributed by atoms with Crippen molar-refractivity contribution in [2.45, 2.75) is 26.2 Å². The van der Waals surface area contributed by atoms with Crippen molar-refractivity contribution in [1.29, 1.82) is 0 Å². The smallest absolute Gasteiger partial charge is 0.314 e. The molecule has 5 nitrogen and oxygen atoms in total. The van der Waals surface area contributed by atoms with Crippen molar-refractivity contribution in [1.82, 2.24) is 9.91 Å². The first-order valence-corrected chi connectivity index (χ1v) is 4.53. The molecule has 1 aliphatic heterocycles. The topological polar surface area (TPSA) is 66.6 Å². The summed E-state index contributed by atoms with van der Waals surface area (Å²) in [6.45, 7) is 2.86.